The Balaban J connectivity index is 1.88. The van der Waals surface area contributed by atoms with Gasteiger partial charge < -0.3 is 5.32 Å². The van der Waals surface area contributed by atoms with E-state index in [0.29, 0.717) is 5.69 Å². The number of rotatable bonds is 5. The van der Waals surface area contributed by atoms with Crippen molar-refractivity contribution in [2.75, 3.05) is 12.4 Å². The van der Waals surface area contributed by atoms with Crippen molar-refractivity contribution in [2.45, 2.75) is 50.0 Å². The third-order valence-electron chi connectivity index (χ3n) is 5.33. The molecule has 0 saturated heterocycles. The minimum absolute atomic E-state index is 0.0975. The zero-order valence-corrected chi connectivity index (χ0v) is 16.9. The molecule has 0 bridgehead atoms. The average Bonchev–Trinajstić information content (AvgIpc) is 2.70. The smallest absolute Gasteiger partial charge is 0.255 e. The number of aryl methyl sites for hydroxylation is 1. The highest BCUT2D eigenvalue weighted by Crippen LogP contribution is 2.28. The van der Waals surface area contributed by atoms with Gasteiger partial charge in [-0.3, -0.25) is 4.79 Å². The molecule has 3 rings (SSSR count). The number of anilines is 1. The van der Waals surface area contributed by atoms with Gasteiger partial charge in [-0.1, -0.05) is 37.5 Å². The number of halogens is 1. The molecule has 0 aliphatic heterocycles. The molecule has 0 unspecified atom stereocenters. The maximum absolute atomic E-state index is 14.4. The SMILES string of the molecule is Cc1ccccc1NC(=O)c1ccc(F)c(S(=O)(=O)N(C)C2CCCCC2)c1. The van der Waals surface area contributed by atoms with Crippen LogP contribution in [0.1, 0.15) is 48.0 Å². The van der Waals surface area contributed by atoms with Crippen molar-refractivity contribution in [1.82, 2.24) is 4.31 Å². The molecule has 1 saturated carbocycles. The van der Waals surface area contributed by atoms with E-state index < -0.39 is 26.6 Å². The molecule has 1 aliphatic carbocycles. The molecule has 7 heteroatoms. The van der Waals surface area contributed by atoms with Crippen molar-refractivity contribution in [3.05, 3.63) is 59.4 Å². The molecule has 0 heterocycles. The van der Waals surface area contributed by atoms with Crippen molar-refractivity contribution < 1.29 is 17.6 Å². The number of benzene rings is 2. The van der Waals surface area contributed by atoms with Crippen molar-refractivity contribution in [3.63, 3.8) is 0 Å². The number of hydrogen-bond donors (Lipinski definition) is 1. The molecule has 28 heavy (non-hydrogen) atoms. The fourth-order valence-electron chi connectivity index (χ4n) is 3.55. The number of sulfonamides is 1. The van der Waals surface area contributed by atoms with Gasteiger partial charge in [0, 0.05) is 24.3 Å². The first-order valence-electron chi connectivity index (χ1n) is 9.45. The standard InChI is InChI=1S/C21H25FN2O3S/c1-15-8-6-7-11-19(15)23-21(25)16-12-13-18(22)20(14-16)28(26,27)24(2)17-9-4-3-5-10-17/h6-8,11-14,17H,3-5,9-10H2,1-2H3,(H,23,25). The van der Waals surface area contributed by atoms with E-state index in [1.807, 2.05) is 19.1 Å². The van der Waals surface area contributed by atoms with Crippen LogP contribution in [-0.4, -0.2) is 31.7 Å². The quantitative estimate of drug-likeness (QED) is 0.806. The first-order chi connectivity index (χ1) is 13.3. The molecule has 1 fully saturated rings. The molecule has 0 atom stereocenters. The molecule has 1 aliphatic rings. The fraction of sp³-hybridized carbons (Fsp3) is 0.381. The van der Waals surface area contributed by atoms with Gasteiger partial charge in [-0.25, -0.2) is 12.8 Å². The highest BCUT2D eigenvalue weighted by atomic mass is 32.2. The highest BCUT2D eigenvalue weighted by Gasteiger charge is 2.31. The van der Waals surface area contributed by atoms with Crippen LogP contribution in [-0.2, 0) is 10.0 Å². The lowest BCUT2D eigenvalue weighted by Gasteiger charge is -2.30. The molecule has 0 spiro atoms. The van der Waals surface area contributed by atoms with Crippen LogP contribution in [0.5, 0.6) is 0 Å². The molecular weight excluding hydrogens is 379 g/mol. The number of nitrogens with zero attached hydrogens (tertiary/aromatic N) is 1. The van der Waals surface area contributed by atoms with Gasteiger partial charge in [-0.15, -0.1) is 0 Å². The van der Waals surface area contributed by atoms with Crippen LogP contribution in [0.15, 0.2) is 47.4 Å². The lowest BCUT2D eigenvalue weighted by atomic mass is 9.96. The summed E-state index contributed by atoms with van der Waals surface area (Å²) >= 11 is 0. The first kappa shape index (κ1) is 20.5. The fourth-order valence-corrected chi connectivity index (χ4v) is 5.05. The molecule has 2 aromatic rings. The van der Waals surface area contributed by atoms with Crippen LogP contribution in [0.3, 0.4) is 0 Å². The summed E-state index contributed by atoms with van der Waals surface area (Å²) in [4.78, 5) is 12.1. The lowest BCUT2D eigenvalue weighted by molar-refractivity contribution is 0.102. The Morgan fingerprint density at radius 3 is 2.46 bits per heavy atom. The predicted molar refractivity (Wildman–Crippen MR) is 107 cm³/mol. The van der Waals surface area contributed by atoms with Crippen LogP contribution in [0.4, 0.5) is 10.1 Å². The molecule has 2 aromatic carbocycles. The highest BCUT2D eigenvalue weighted by molar-refractivity contribution is 7.89. The zero-order valence-electron chi connectivity index (χ0n) is 16.1. The Morgan fingerprint density at radius 2 is 1.79 bits per heavy atom. The van der Waals surface area contributed by atoms with Crippen LogP contribution in [0.2, 0.25) is 0 Å². The minimum atomic E-state index is -4.03. The minimum Gasteiger partial charge on any atom is -0.322 e. The van der Waals surface area contributed by atoms with Gasteiger partial charge in [0.1, 0.15) is 10.7 Å². The van der Waals surface area contributed by atoms with Gasteiger partial charge in [0.05, 0.1) is 0 Å². The number of carbonyl (C=O) groups is 1. The maximum atomic E-state index is 14.4. The third kappa shape index (κ3) is 4.25. The number of para-hydroxylation sites is 1. The molecule has 0 aromatic heterocycles. The van der Waals surface area contributed by atoms with Crippen molar-refractivity contribution in [3.8, 4) is 0 Å². The second kappa shape index (κ2) is 8.41. The molecular formula is C21H25FN2O3S. The summed E-state index contributed by atoms with van der Waals surface area (Å²) in [5.41, 5.74) is 1.60. The monoisotopic (exact) mass is 404 g/mol. The summed E-state index contributed by atoms with van der Waals surface area (Å²) in [5, 5.41) is 2.75. The summed E-state index contributed by atoms with van der Waals surface area (Å²) in [6.45, 7) is 1.86. The van der Waals surface area contributed by atoms with Crippen molar-refractivity contribution in [1.29, 1.82) is 0 Å². The average molecular weight is 405 g/mol. The van der Waals surface area contributed by atoms with E-state index in [1.165, 1.54) is 17.4 Å². The summed E-state index contributed by atoms with van der Waals surface area (Å²) in [5.74, 6) is -1.33. The van der Waals surface area contributed by atoms with Gasteiger partial charge >= 0.3 is 0 Å². The molecule has 5 nitrogen and oxygen atoms in total. The number of carbonyl (C=O) groups excluding carboxylic acids is 1. The molecule has 0 radical (unpaired) electrons. The van der Waals surface area contributed by atoms with E-state index in [4.69, 9.17) is 0 Å². The van der Waals surface area contributed by atoms with Crippen molar-refractivity contribution >= 4 is 21.6 Å². The first-order valence-corrected chi connectivity index (χ1v) is 10.9. The largest absolute Gasteiger partial charge is 0.322 e. The zero-order chi connectivity index (χ0) is 20.3. The van der Waals surface area contributed by atoms with E-state index >= 15 is 0 Å². The molecule has 1 amide bonds. The van der Waals surface area contributed by atoms with Gasteiger partial charge in [0.15, 0.2) is 0 Å². The van der Waals surface area contributed by atoms with Crippen LogP contribution in [0, 0.1) is 12.7 Å². The van der Waals surface area contributed by atoms with Crippen LogP contribution >= 0.6 is 0 Å². The third-order valence-corrected chi connectivity index (χ3v) is 7.26. The summed E-state index contributed by atoms with van der Waals surface area (Å²) in [7, 11) is -2.54. The Bertz CT molecular complexity index is 969. The number of nitrogens with one attached hydrogen (secondary N) is 1. The second-order valence-electron chi connectivity index (χ2n) is 7.23. The summed E-state index contributed by atoms with van der Waals surface area (Å²) in [6.07, 6.45) is 4.56. The Morgan fingerprint density at radius 1 is 1.11 bits per heavy atom. The maximum Gasteiger partial charge on any atom is 0.255 e. The summed E-state index contributed by atoms with van der Waals surface area (Å²) in [6, 6.07) is 10.6. The van der Waals surface area contributed by atoms with E-state index in [0.717, 1.165) is 49.8 Å². The van der Waals surface area contributed by atoms with E-state index in [-0.39, 0.29) is 11.6 Å². The normalized spacial score (nSPS) is 15.6. The van der Waals surface area contributed by atoms with Gasteiger partial charge in [-0.2, -0.15) is 4.31 Å². The van der Waals surface area contributed by atoms with Gasteiger partial charge in [0.25, 0.3) is 5.91 Å². The van der Waals surface area contributed by atoms with Crippen LogP contribution in [0.25, 0.3) is 0 Å². The van der Waals surface area contributed by atoms with Crippen LogP contribution < -0.4 is 5.32 Å². The second-order valence-corrected chi connectivity index (χ2v) is 9.19. The Labute approximate surface area is 165 Å². The van der Waals surface area contributed by atoms with E-state index in [9.17, 15) is 17.6 Å². The summed E-state index contributed by atoms with van der Waals surface area (Å²) < 4.78 is 41.7. The van der Waals surface area contributed by atoms with E-state index in [2.05, 4.69) is 5.32 Å². The van der Waals surface area contributed by atoms with Gasteiger partial charge in [-0.05, 0) is 49.6 Å². The molecule has 150 valence electrons. The molecule has 1 N–H and O–H groups in total. The number of hydrogen-bond acceptors (Lipinski definition) is 3. The Kier molecular flexibility index (Phi) is 6.15. The predicted octanol–water partition coefficient (Wildman–Crippen LogP) is 4.34. The van der Waals surface area contributed by atoms with Crippen molar-refractivity contribution in [2.24, 2.45) is 0 Å². The van der Waals surface area contributed by atoms with E-state index in [1.54, 1.807) is 12.1 Å². The number of amides is 1. The van der Waals surface area contributed by atoms with Gasteiger partial charge in [0.2, 0.25) is 10.0 Å². The lowest BCUT2D eigenvalue weighted by Crippen LogP contribution is -2.38. The Hall–Kier alpha value is -2.25. The topological polar surface area (TPSA) is 66.5 Å².